The molecule has 0 aliphatic heterocycles. The Morgan fingerprint density at radius 2 is 1.86 bits per heavy atom. The molecule has 0 amide bonds. The fourth-order valence-electron chi connectivity index (χ4n) is 2.05. The molecule has 0 saturated heterocycles. The Morgan fingerprint density at radius 3 is 2.57 bits per heavy atom. The fraction of sp³-hybridized carbons (Fsp3) is 0. The van der Waals surface area contributed by atoms with E-state index in [2.05, 4.69) is 9.97 Å². The second-order valence-electron chi connectivity index (χ2n) is 4.30. The summed E-state index contributed by atoms with van der Waals surface area (Å²) in [7, 11) is 0. The van der Waals surface area contributed by atoms with Crippen LogP contribution in [-0.2, 0) is 0 Å². The number of H-pyrrole nitrogens is 1. The zero-order valence-corrected chi connectivity index (χ0v) is 11.6. The Labute approximate surface area is 123 Å². The molecule has 3 aromatic rings. The molecular weight excluding hydrogens is 288 g/mol. The van der Waals surface area contributed by atoms with E-state index < -0.39 is 5.97 Å². The summed E-state index contributed by atoms with van der Waals surface area (Å²) in [6.07, 6.45) is 1.44. The molecule has 0 aliphatic rings. The second-order valence-corrected chi connectivity index (χ2v) is 5.33. The number of fused-ring (bicyclic) bond motifs is 1. The Morgan fingerprint density at radius 1 is 1.10 bits per heavy atom. The first-order chi connectivity index (χ1) is 10.1. The van der Waals surface area contributed by atoms with Crippen LogP contribution in [0.1, 0.15) is 10.4 Å². The molecule has 0 atom stereocenters. The van der Waals surface area contributed by atoms with Gasteiger partial charge >= 0.3 is 5.97 Å². The van der Waals surface area contributed by atoms with Crippen molar-refractivity contribution in [2.24, 2.45) is 0 Å². The minimum Gasteiger partial charge on any atom is -0.478 e. The third-order valence-corrected chi connectivity index (χ3v) is 3.95. The zero-order chi connectivity index (χ0) is 14.8. The van der Waals surface area contributed by atoms with Crippen LogP contribution >= 0.6 is 11.8 Å². The van der Waals surface area contributed by atoms with E-state index in [1.54, 1.807) is 24.3 Å². The monoisotopic (exact) mass is 298 g/mol. The molecule has 0 saturated carbocycles. The van der Waals surface area contributed by atoms with Crippen molar-refractivity contribution in [1.29, 1.82) is 0 Å². The summed E-state index contributed by atoms with van der Waals surface area (Å²) in [5, 5.41) is 11.2. The molecule has 3 rings (SSSR count). The maximum atomic E-state index is 11.3. The van der Waals surface area contributed by atoms with E-state index in [0.29, 0.717) is 10.5 Å². The highest BCUT2D eigenvalue weighted by atomic mass is 32.2. The maximum absolute atomic E-state index is 11.3. The zero-order valence-electron chi connectivity index (χ0n) is 10.7. The summed E-state index contributed by atoms with van der Waals surface area (Å²) < 4.78 is 0. The largest absolute Gasteiger partial charge is 0.478 e. The van der Waals surface area contributed by atoms with Crippen molar-refractivity contribution in [3.63, 3.8) is 0 Å². The highest BCUT2D eigenvalue weighted by Gasteiger charge is 2.12. The Balaban J connectivity index is 2.14. The third kappa shape index (κ3) is 2.66. The van der Waals surface area contributed by atoms with E-state index in [-0.39, 0.29) is 11.1 Å². The first-order valence-corrected chi connectivity index (χ1v) is 6.95. The molecule has 0 bridgehead atoms. The number of rotatable bonds is 3. The predicted octanol–water partition coefficient (Wildman–Crippen LogP) is 2.77. The van der Waals surface area contributed by atoms with Crippen LogP contribution in [0.4, 0.5) is 0 Å². The molecule has 0 unspecified atom stereocenters. The van der Waals surface area contributed by atoms with Gasteiger partial charge in [0, 0.05) is 17.2 Å². The van der Waals surface area contributed by atoms with Gasteiger partial charge in [0.05, 0.1) is 5.56 Å². The van der Waals surface area contributed by atoms with Gasteiger partial charge in [0.2, 0.25) is 0 Å². The van der Waals surface area contributed by atoms with Crippen molar-refractivity contribution in [2.75, 3.05) is 0 Å². The Hall–Kier alpha value is -2.60. The van der Waals surface area contributed by atoms with Crippen molar-refractivity contribution in [2.45, 2.75) is 10.1 Å². The lowest BCUT2D eigenvalue weighted by atomic mass is 10.0. The number of nitrogens with zero attached hydrogens (tertiary/aromatic N) is 1. The molecule has 0 fully saturated rings. The molecular formula is C15H10N2O3S. The van der Waals surface area contributed by atoms with Gasteiger partial charge in [-0.05, 0) is 22.9 Å². The van der Waals surface area contributed by atoms with Gasteiger partial charge < -0.3 is 10.1 Å². The van der Waals surface area contributed by atoms with Crippen LogP contribution in [0.5, 0.6) is 0 Å². The molecule has 1 aromatic heterocycles. The van der Waals surface area contributed by atoms with E-state index in [4.69, 9.17) is 0 Å². The first-order valence-electron chi connectivity index (χ1n) is 6.13. The lowest BCUT2D eigenvalue weighted by molar-refractivity contribution is 0.0699. The molecule has 2 N–H and O–H groups in total. The molecule has 2 aromatic carbocycles. The third-order valence-electron chi connectivity index (χ3n) is 2.97. The highest BCUT2D eigenvalue weighted by Crippen LogP contribution is 2.32. The van der Waals surface area contributed by atoms with Gasteiger partial charge in [-0.2, -0.15) is 0 Å². The first kappa shape index (κ1) is 13.4. The van der Waals surface area contributed by atoms with Crippen LogP contribution in [0.3, 0.4) is 0 Å². The van der Waals surface area contributed by atoms with Crippen LogP contribution < -0.4 is 5.56 Å². The smallest absolute Gasteiger partial charge is 0.336 e. The SMILES string of the molecule is O=C(O)c1ccc(Sc2nccc(=O)[nH]2)c2ccccc12. The van der Waals surface area contributed by atoms with Gasteiger partial charge in [-0.15, -0.1) is 0 Å². The summed E-state index contributed by atoms with van der Waals surface area (Å²) in [5.74, 6) is -0.964. The van der Waals surface area contributed by atoms with Gasteiger partial charge in [0.25, 0.3) is 5.56 Å². The van der Waals surface area contributed by atoms with E-state index in [1.807, 2.05) is 12.1 Å². The normalized spacial score (nSPS) is 10.7. The fourth-order valence-corrected chi connectivity index (χ4v) is 2.95. The van der Waals surface area contributed by atoms with Gasteiger partial charge in [-0.25, -0.2) is 9.78 Å². The molecule has 5 nitrogen and oxygen atoms in total. The number of benzene rings is 2. The average molecular weight is 298 g/mol. The molecule has 104 valence electrons. The predicted molar refractivity (Wildman–Crippen MR) is 79.9 cm³/mol. The lowest BCUT2D eigenvalue weighted by Gasteiger charge is -2.08. The van der Waals surface area contributed by atoms with Crippen LogP contribution in [0.25, 0.3) is 10.8 Å². The molecule has 21 heavy (non-hydrogen) atoms. The number of hydrogen-bond acceptors (Lipinski definition) is 4. The van der Waals surface area contributed by atoms with E-state index in [0.717, 1.165) is 10.3 Å². The molecule has 6 heteroatoms. The minimum absolute atomic E-state index is 0.223. The summed E-state index contributed by atoms with van der Waals surface area (Å²) >= 11 is 1.29. The topological polar surface area (TPSA) is 83.0 Å². The van der Waals surface area contributed by atoms with Crippen molar-refractivity contribution in [3.8, 4) is 0 Å². The number of carboxylic acids is 1. The number of hydrogen-bond donors (Lipinski definition) is 2. The number of carboxylic acid groups (broad SMARTS) is 1. The summed E-state index contributed by atoms with van der Waals surface area (Å²) in [6.45, 7) is 0. The van der Waals surface area contributed by atoms with Crippen molar-refractivity contribution >= 4 is 28.5 Å². The molecule has 0 aliphatic carbocycles. The molecule has 0 spiro atoms. The van der Waals surface area contributed by atoms with Crippen molar-refractivity contribution < 1.29 is 9.90 Å². The Kier molecular flexibility index (Phi) is 3.45. The number of nitrogens with one attached hydrogen (secondary N) is 1. The summed E-state index contributed by atoms with van der Waals surface area (Å²) in [5.41, 5.74) is 0.0310. The average Bonchev–Trinajstić information content (AvgIpc) is 2.47. The van der Waals surface area contributed by atoms with Crippen LogP contribution in [0.15, 0.2) is 63.5 Å². The van der Waals surface area contributed by atoms with Crippen LogP contribution in [0.2, 0.25) is 0 Å². The second kappa shape index (κ2) is 5.41. The number of carbonyl (C=O) groups is 1. The number of aromatic amines is 1. The maximum Gasteiger partial charge on any atom is 0.336 e. The van der Waals surface area contributed by atoms with Crippen molar-refractivity contribution in [3.05, 3.63) is 64.6 Å². The number of aromatic carboxylic acids is 1. The standard InChI is InChI=1S/C15H10N2O3S/c18-13-7-8-16-15(17-13)21-12-6-5-11(14(19)20)9-3-1-2-4-10(9)12/h1-8H,(H,19,20)(H,16,17,18). The van der Waals surface area contributed by atoms with Crippen LogP contribution in [0, 0.1) is 0 Å². The minimum atomic E-state index is -0.964. The Bertz CT molecular complexity index is 889. The van der Waals surface area contributed by atoms with E-state index in [9.17, 15) is 14.7 Å². The molecule has 0 radical (unpaired) electrons. The van der Waals surface area contributed by atoms with E-state index >= 15 is 0 Å². The van der Waals surface area contributed by atoms with Gasteiger partial charge in [0.15, 0.2) is 5.16 Å². The molecule has 1 heterocycles. The summed E-state index contributed by atoms with van der Waals surface area (Å²) in [6, 6.07) is 11.9. The van der Waals surface area contributed by atoms with Gasteiger partial charge in [0.1, 0.15) is 0 Å². The quantitative estimate of drug-likeness (QED) is 0.726. The van der Waals surface area contributed by atoms with E-state index in [1.165, 1.54) is 24.0 Å². The van der Waals surface area contributed by atoms with Gasteiger partial charge in [-0.3, -0.25) is 4.79 Å². The van der Waals surface area contributed by atoms with Crippen LogP contribution in [-0.4, -0.2) is 21.0 Å². The van der Waals surface area contributed by atoms with Gasteiger partial charge in [-0.1, -0.05) is 36.0 Å². The van der Waals surface area contributed by atoms with Crippen molar-refractivity contribution in [1.82, 2.24) is 9.97 Å². The summed E-state index contributed by atoms with van der Waals surface area (Å²) in [4.78, 5) is 30.1. The number of aromatic nitrogens is 2. The lowest BCUT2D eigenvalue weighted by Crippen LogP contribution is -2.05. The highest BCUT2D eigenvalue weighted by molar-refractivity contribution is 7.99.